The van der Waals surface area contributed by atoms with Crippen LogP contribution in [0.15, 0.2) is 42.4 Å². The van der Waals surface area contributed by atoms with Crippen LogP contribution in [-0.2, 0) is 11.3 Å². The highest BCUT2D eigenvalue weighted by molar-refractivity contribution is 6.47. The molecule has 0 aliphatic carbocycles. The monoisotopic (exact) mass is 192 g/mol. The van der Waals surface area contributed by atoms with Gasteiger partial charge in [0.05, 0.1) is 13.2 Å². The highest BCUT2D eigenvalue weighted by atomic mass is 16.5. The smallest absolute Gasteiger partial charge is 0.424 e. The Kier molecular flexibility index (Phi) is 5.00. The maximum Gasteiger partial charge on any atom is 0.480 e. The molecule has 1 aromatic carbocycles. The Morgan fingerprint density at radius 1 is 1.21 bits per heavy atom. The highest BCUT2D eigenvalue weighted by Gasteiger charge is 1.96. The second kappa shape index (κ2) is 6.37. The van der Waals surface area contributed by atoms with E-state index in [9.17, 15) is 0 Å². The summed E-state index contributed by atoms with van der Waals surface area (Å²) in [6.45, 7) is 0.916. The maximum atomic E-state index is 8.48. The summed E-state index contributed by atoms with van der Waals surface area (Å²) in [7, 11) is -1.39. The van der Waals surface area contributed by atoms with Crippen molar-refractivity contribution in [2.24, 2.45) is 0 Å². The number of benzene rings is 1. The maximum absolute atomic E-state index is 8.48. The van der Waals surface area contributed by atoms with E-state index in [1.165, 1.54) is 5.98 Å². The first-order chi connectivity index (χ1) is 6.79. The molecule has 4 heteroatoms. The van der Waals surface area contributed by atoms with Crippen LogP contribution in [0.1, 0.15) is 5.56 Å². The van der Waals surface area contributed by atoms with E-state index in [1.54, 1.807) is 6.08 Å². The van der Waals surface area contributed by atoms with Crippen molar-refractivity contribution in [1.29, 1.82) is 0 Å². The molecular weight excluding hydrogens is 179 g/mol. The molecule has 1 aromatic rings. The van der Waals surface area contributed by atoms with Crippen LogP contribution in [0.3, 0.4) is 0 Å². The third-order valence-corrected chi connectivity index (χ3v) is 1.63. The third-order valence-electron chi connectivity index (χ3n) is 1.63. The summed E-state index contributed by atoms with van der Waals surface area (Å²) in [5.74, 6) is 1.27. The molecule has 0 amide bonds. The van der Waals surface area contributed by atoms with Crippen molar-refractivity contribution >= 4 is 7.12 Å². The van der Waals surface area contributed by atoms with Crippen LogP contribution < -0.4 is 0 Å². The lowest BCUT2D eigenvalue weighted by Gasteiger charge is -2.00. The average molecular weight is 192 g/mol. The molecule has 0 saturated heterocycles. The SMILES string of the molecule is OB(O)/C=C/COCc1ccccc1. The Morgan fingerprint density at radius 3 is 2.57 bits per heavy atom. The van der Waals surface area contributed by atoms with Gasteiger partial charge in [0.25, 0.3) is 0 Å². The topological polar surface area (TPSA) is 49.7 Å². The number of hydrogen-bond acceptors (Lipinski definition) is 3. The largest absolute Gasteiger partial charge is 0.480 e. The lowest BCUT2D eigenvalue weighted by Crippen LogP contribution is -2.06. The molecule has 0 saturated carbocycles. The molecule has 1 rings (SSSR count). The van der Waals surface area contributed by atoms with Crippen molar-refractivity contribution in [2.45, 2.75) is 6.61 Å². The zero-order valence-corrected chi connectivity index (χ0v) is 7.84. The van der Waals surface area contributed by atoms with Crippen molar-refractivity contribution in [2.75, 3.05) is 6.61 Å². The molecular formula is C10H13BO3. The summed E-state index contributed by atoms with van der Waals surface area (Å²) in [6.07, 6.45) is 1.58. The molecule has 0 unspecified atom stereocenters. The molecule has 0 spiro atoms. The van der Waals surface area contributed by atoms with E-state index in [1.807, 2.05) is 30.3 Å². The molecule has 0 atom stereocenters. The Bertz CT molecular complexity index is 272. The molecule has 0 heterocycles. The molecule has 0 fully saturated rings. The van der Waals surface area contributed by atoms with Gasteiger partial charge in [0.1, 0.15) is 0 Å². The molecule has 2 N–H and O–H groups in total. The van der Waals surface area contributed by atoms with Gasteiger partial charge in [0.2, 0.25) is 0 Å². The normalized spacial score (nSPS) is 10.7. The highest BCUT2D eigenvalue weighted by Crippen LogP contribution is 1.99. The second-order valence-corrected chi connectivity index (χ2v) is 2.84. The molecule has 14 heavy (non-hydrogen) atoms. The summed E-state index contributed by atoms with van der Waals surface area (Å²) in [6, 6.07) is 9.80. The number of hydrogen-bond donors (Lipinski definition) is 2. The molecule has 0 aliphatic heterocycles. The zero-order valence-electron chi connectivity index (χ0n) is 7.84. The number of ether oxygens (including phenoxy) is 1. The first-order valence-electron chi connectivity index (χ1n) is 4.43. The van der Waals surface area contributed by atoms with Crippen molar-refractivity contribution in [3.05, 3.63) is 47.9 Å². The fraction of sp³-hybridized carbons (Fsp3) is 0.200. The molecule has 0 aliphatic rings. The predicted octanol–water partition coefficient (Wildman–Crippen LogP) is 0.771. The van der Waals surface area contributed by atoms with Crippen LogP contribution in [0.2, 0.25) is 0 Å². The lowest BCUT2D eigenvalue weighted by atomic mass is 9.92. The number of rotatable bonds is 5. The van der Waals surface area contributed by atoms with Crippen LogP contribution >= 0.6 is 0 Å². The van der Waals surface area contributed by atoms with Gasteiger partial charge in [-0.05, 0) is 5.56 Å². The summed E-state index contributed by atoms with van der Waals surface area (Å²) in [4.78, 5) is 0. The standard InChI is InChI=1S/C10H13BO3/c12-11(13)7-4-8-14-9-10-5-2-1-3-6-10/h1-7,12-13H,8-9H2/b7-4+. The Hall–Kier alpha value is -1.10. The van der Waals surface area contributed by atoms with Gasteiger partial charge in [-0.25, -0.2) is 0 Å². The van der Waals surface area contributed by atoms with Crippen molar-refractivity contribution in [3.63, 3.8) is 0 Å². The minimum atomic E-state index is -1.39. The van der Waals surface area contributed by atoms with Crippen molar-refractivity contribution < 1.29 is 14.8 Å². The molecule has 0 aromatic heterocycles. The Balaban J connectivity index is 2.16. The molecule has 74 valence electrons. The van der Waals surface area contributed by atoms with Gasteiger partial charge in [-0.1, -0.05) is 42.4 Å². The second-order valence-electron chi connectivity index (χ2n) is 2.84. The van der Waals surface area contributed by atoms with E-state index in [4.69, 9.17) is 14.8 Å². The lowest BCUT2D eigenvalue weighted by molar-refractivity contribution is 0.148. The van der Waals surface area contributed by atoms with Gasteiger partial charge in [-0.3, -0.25) is 0 Å². The molecule has 0 radical (unpaired) electrons. The fourth-order valence-electron chi connectivity index (χ4n) is 0.996. The summed E-state index contributed by atoms with van der Waals surface area (Å²) in [5, 5.41) is 17.0. The van der Waals surface area contributed by atoms with Gasteiger partial charge >= 0.3 is 7.12 Å². The average Bonchev–Trinajstić information content (AvgIpc) is 2.18. The van der Waals surface area contributed by atoms with E-state index in [0.29, 0.717) is 13.2 Å². The van der Waals surface area contributed by atoms with Crippen molar-refractivity contribution in [1.82, 2.24) is 0 Å². The van der Waals surface area contributed by atoms with Gasteiger partial charge in [0.15, 0.2) is 0 Å². The minimum Gasteiger partial charge on any atom is -0.424 e. The Morgan fingerprint density at radius 2 is 1.93 bits per heavy atom. The van der Waals surface area contributed by atoms with E-state index in [2.05, 4.69) is 0 Å². The van der Waals surface area contributed by atoms with Crippen LogP contribution in [0.25, 0.3) is 0 Å². The van der Waals surface area contributed by atoms with Crippen LogP contribution in [0.4, 0.5) is 0 Å². The predicted molar refractivity (Wildman–Crippen MR) is 55.4 cm³/mol. The third kappa shape index (κ3) is 4.82. The summed E-state index contributed by atoms with van der Waals surface area (Å²) < 4.78 is 5.26. The Labute approximate surface area is 83.8 Å². The van der Waals surface area contributed by atoms with Gasteiger partial charge < -0.3 is 14.8 Å². The minimum absolute atomic E-state index is 0.381. The van der Waals surface area contributed by atoms with Crippen LogP contribution in [-0.4, -0.2) is 23.8 Å². The van der Waals surface area contributed by atoms with E-state index >= 15 is 0 Å². The van der Waals surface area contributed by atoms with Gasteiger partial charge in [0, 0.05) is 0 Å². The van der Waals surface area contributed by atoms with E-state index < -0.39 is 7.12 Å². The summed E-state index contributed by atoms with van der Waals surface area (Å²) >= 11 is 0. The van der Waals surface area contributed by atoms with Crippen molar-refractivity contribution in [3.8, 4) is 0 Å². The van der Waals surface area contributed by atoms with Crippen LogP contribution in [0.5, 0.6) is 0 Å². The first-order valence-corrected chi connectivity index (χ1v) is 4.43. The van der Waals surface area contributed by atoms with Crippen LogP contribution in [0, 0.1) is 0 Å². The van der Waals surface area contributed by atoms with Gasteiger partial charge in [-0.15, -0.1) is 0 Å². The quantitative estimate of drug-likeness (QED) is 0.535. The van der Waals surface area contributed by atoms with Gasteiger partial charge in [-0.2, -0.15) is 0 Å². The fourth-order valence-corrected chi connectivity index (χ4v) is 0.996. The molecule has 3 nitrogen and oxygen atoms in total. The first kappa shape index (κ1) is 11.0. The van der Waals surface area contributed by atoms with E-state index in [-0.39, 0.29) is 0 Å². The zero-order chi connectivity index (χ0) is 10.2. The van der Waals surface area contributed by atoms with E-state index in [0.717, 1.165) is 5.56 Å². The molecule has 0 bridgehead atoms. The summed E-state index contributed by atoms with van der Waals surface area (Å²) in [5.41, 5.74) is 1.10.